The Labute approximate surface area is 222 Å². The molecule has 1 amide bonds. The monoisotopic (exact) mass is 524 g/mol. The molecule has 0 aromatic carbocycles. The van der Waals surface area contributed by atoms with Gasteiger partial charge in [-0.15, -0.1) is 0 Å². The van der Waals surface area contributed by atoms with E-state index in [9.17, 15) is 9.59 Å². The lowest BCUT2D eigenvalue weighted by molar-refractivity contribution is -0.128. The number of guanidine groups is 3. The standard InChI is InChI=1S/C25H52N10O2/c26-23(27)32-17-11-7-3-1-5-9-15-21(36)20(14-13-19-34-25(30)31)35-22(37)16-10-6-2-4-8-12-18-33-24(28)29/h20H,1-19H2,(H,35,37)(H4,26,27,32)(H4,28,29,33)(H4,30,31,34). The van der Waals surface area contributed by atoms with Crippen molar-refractivity contribution in [1.29, 1.82) is 0 Å². The van der Waals surface area contributed by atoms with E-state index in [-0.39, 0.29) is 29.6 Å². The highest BCUT2D eigenvalue weighted by Crippen LogP contribution is 2.12. The van der Waals surface area contributed by atoms with Crippen molar-refractivity contribution in [1.82, 2.24) is 5.32 Å². The van der Waals surface area contributed by atoms with Gasteiger partial charge in [-0.1, -0.05) is 51.4 Å². The molecule has 0 saturated heterocycles. The van der Waals surface area contributed by atoms with Crippen molar-refractivity contribution in [3.8, 4) is 0 Å². The molecule has 0 aliphatic heterocycles. The number of carbonyl (C=O) groups is 2. The molecule has 214 valence electrons. The maximum absolute atomic E-state index is 12.8. The largest absolute Gasteiger partial charge is 0.370 e. The topological polar surface area (TPSA) is 239 Å². The van der Waals surface area contributed by atoms with Crippen molar-refractivity contribution >= 4 is 29.6 Å². The third-order valence-corrected chi connectivity index (χ3v) is 5.90. The molecule has 12 heteroatoms. The van der Waals surface area contributed by atoms with Gasteiger partial charge in [0.1, 0.15) is 0 Å². The highest BCUT2D eigenvalue weighted by atomic mass is 16.2. The van der Waals surface area contributed by atoms with Crippen LogP contribution in [0.3, 0.4) is 0 Å². The van der Waals surface area contributed by atoms with E-state index in [0.29, 0.717) is 45.3 Å². The van der Waals surface area contributed by atoms with Gasteiger partial charge < -0.3 is 39.7 Å². The van der Waals surface area contributed by atoms with E-state index in [0.717, 1.165) is 77.0 Å². The van der Waals surface area contributed by atoms with Gasteiger partial charge in [-0.2, -0.15) is 0 Å². The van der Waals surface area contributed by atoms with E-state index >= 15 is 0 Å². The second-order valence-corrected chi connectivity index (χ2v) is 9.39. The van der Waals surface area contributed by atoms with Crippen LogP contribution in [0.15, 0.2) is 15.0 Å². The SMILES string of the molecule is NC(N)=NCCCCCCCCC(=O)NC(CCCN=C(N)N)C(=O)CCCCCCCCN=C(N)N. The van der Waals surface area contributed by atoms with Crippen LogP contribution in [0.2, 0.25) is 0 Å². The summed E-state index contributed by atoms with van der Waals surface area (Å²) in [5.41, 5.74) is 32.0. The molecule has 37 heavy (non-hydrogen) atoms. The fourth-order valence-corrected chi connectivity index (χ4v) is 3.90. The molecule has 0 spiro atoms. The molecule has 0 aliphatic carbocycles. The number of Topliss-reactive ketones (excluding diaryl/α,β-unsaturated/α-hetero) is 1. The molecule has 0 aliphatic rings. The molecule has 0 fully saturated rings. The first-order valence-corrected chi connectivity index (χ1v) is 13.7. The third-order valence-electron chi connectivity index (χ3n) is 5.90. The average Bonchev–Trinajstić information content (AvgIpc) is 2.83. The summed E-state index contributed by atoms with van der Waals surface area (Å²) in [6.45, 7) is 1.75. The van der Waals surface area contributed by atoms with E-state index in [1.165, 1.54) is 0 Å². The number of hydrogen-bond donors (Lipinski definition) is 7. The summed E-state index contributed by atoms with van der Waals surface area (Å²) in [5, 5.41) is 2.95. The molecule has 0 aromatic rings. The second-order valence-electron chi connectivity index (χ2n) is 9.39. The van der Waals surface area contributed by atoms with Gasteiger partial charge in [-0.05, 0) is 38.5 Å². The van der Waals surface area contributed by atoms with Gasteiger partial charge in [0.05, 0.1) is 6.04 Å². The van der Waals surface area contributed by atoms with Crippen molar-refractivity contribution < 1.29 is 9.59 Å². The molecule has 0 saturated carbocycles. The first-order valence-electron chi connectivity index (χ1n) is 13.7. The highest BCUT2D eigenvalue weighted by molar-refractivity contribution is 5.89. The minimum absolute atomic E-state index is 0.0291. The van der Waals surface area contributed by atoms with Crippen LogP contribution in [0.25, 0.3) is 0 Å². The van der Waals surface area contributed by atoms with Gasteiger partial charge >= 0.3 is 0 Å². The van der Waals surface area contributed by atoms with Gasteiger partial charge in [0.25, 0.3) is 0 Å². The summed E-state index contributed by atoms with van der Waals surface area (Å²) < 4.78 is 0. The molecular formula is C25H52N10O2. The molecule has 0 radical (unpaired) electrons. The number of carbonyl (C=O) groups excluding carboxylic acids is 2. The van der Waals surface area contributed by atoms with E-state index in [1.54, 1.807) is 0 Å². The van der Waals surface area contributed by atoms with Gasteiger partial charge in [0, 0.05) is 32.5 Å². The summed E-state index contributed by atoms with van der Waals surface area (Å²) >= 11 is 0. The minimum Gasteiger partial charge on any atom is -0.370 e. The number of ketones is 1. The number of nitrogens with two attached hydrogens (primary N) is 6. The molecule has 0 aromatic heterocycles. The lowest BCUT2D eigenvalue weighted by atomic mass is 10.00. The maximum Gasteiger partial charge on any atom is 0.220 e. The average molecular weight is 525 g/mol. The van der Waals surface area contributed by atoms with E-state index in [2.05, 4.69) is 20.3 Å². The van der Waals surface area contributed by atoms with E-state index in [1.807, 2.05) is 0 Å². The molecular weight excluding hydrogens is 472 g/mol. The van der Waals surface area contributed by atoms with Crippen LogP contribution in [-0.2, 0) is 9.59 Å². The first kappa shape index (κ1) is 34.0. The van der Waals surface area contributed by atoms with Crippen molar-refractivity contribution in [3.63, 3.8) is 0 Å². The normalized spacial score (nSPS) is 11.4. The number of nitrogens with zero attached hydrogens (tertiary/aromatic N) is 3. The minimum atomic E-state index is -0.489. The van der Waals surface area contributed by atoms with Crippen LogP contribution in [0, 0.1) is 0 Å². The molecule has 0 rings (SSSR count). The zero-order valence-electron chi connectivity index (χ0n) is 22.6. The fraction of sp³-hybridized carbons (Fsp3) is 0.800. The number of hydrogen-bond acceptors (Lipinski definition) is 5. The molecule has 1 atom stereocenters. The van der Waals surface area contributed by atoms with Crippen LogP contribution >= 0.6 is 0 Å². The second kappa shape index (κ2) is 23.4. The first-order chi connectivity index (χ1) is 17.7. The summed E-state index contributed by atoms with van der Waals surface area (Å²) in [4.78, 5) is 37.2. The maximum atomic E-state index is 12.8. The Morgan fingerprint density at radius 1 is 0.514 bits per heavy atom. The number of rotatable bonds is 24. The number of aliphatic imine (C=N–C) groups is 3. The Morgan fingerprint density at radius 3 is 1.35 bits per heavy atom. The van der Waals surface area contributed by atoms with Crippen molar-refractivity contribution in [3.05, 3.63) is 0 Å². The summed E-state index contributed by atoms with van der Waals surface area (Å²) in [6.07, 6.45) is 14.0. The van der Waals surface area contributed by atoms with E-state index < -0.39 is 6.04 Å². The van der Waals surface area contributed by atoms with Crippen molar-refractivity contribution in [2.75, 3.05) is 19.6 Å². The van der Waals surface area contributed by atoms with Crippen LogP contribution in [-0.4, -0.2) is 55.2 Å². The molecule has 13 N–H and O–H groups in total. The van der Waals surface area contributed by atoms with Crippen LogP contribution < -0.4 is 39.7 Å². The molecule has 12 nitrogen and oxygen atoms in total. The summed E-state index contributed by atoms with van der Waals surface area (Å²) in [7, 11) is 0. The van der Waals surface area contributed by atoms with Crippen LogP contribution in [0.4, 0.5) is 0 Å². The lowest BCUT2D eigenvalue weighted by Gasteiger charge is -2.17. The summed E-state index contributed by atoms with van der Waals surface area (Å²) in [5.74, 6) is 0.291. The third kappa shape index (κ3) is 24.4. The highest BCUT2D eigenvalue weighted by Gasteiger charge is 2.19. The zero-order chi connectivity index (χ0) is 27.7. The Morgan fingerprint density at radius 2 is 0.892 bits per heavy atom. The Kier molecular flexibility index (Phi) is 21.4. The Balaban J connectivity index is 4.24. The van der Waals surface area contributed by atoms with E-state index in [4.69, 9.17) is 34.4 Å². The predicted octanol–water partition coefficient (Wildman–Crippen LogP) is 1.10. The van der Waals surface area contributed by atoms with Gasteiger partial charge in [-0.25, -0.2) is 0 Å². The quantitative estimate of drug-likeness (QED) is 0.0546. The molecule has 1 unspecified atom stereocenters. The molecule has 0 bridgehead atoms. The number of nitrogens with one attached hydrogen (secondary N) is 1. The Hall–Kier alpha value is -3.05. The van der Waals surface area contributed by atoms with Crippen molar-refractivity contribution in [2.45, 2.75) is 109 Å². The molecule has 0 heterocycles. The number of amides is 1. The van der Waals surface area contributed by atoms with Gasteiger partial charge in [-0.3, -0.25) is 24.6 Å². The van der Waals surface area contributed by atoms with Crippen LogP contribution in [0.1, 0.15) is 103 Å². The van der Waals surface area contributed by atoms with Gasteiger partial charge in [0.15, 0.2) is 23.7 Å². The van der Waals surface area contributed by atoms with Crippen molar-refractivity contribution in [2.24, 2.45) is 49.4 Å². The predicted molar refractivity (Wildman–Crippen MR) is 153 cm³/mol. The fourth-order valence-electron chi connectivity index (χ4n) is 3.90. The Bertz CT molecular complexity index is 698. The smallest absolute Gasteiger partial charge is 0.220 e. The zero-order valence-corrected chi connectivity index (χ0v) is 22.6. The summed E-state index contributed by atoms with van der Waals surface area (Å²) in [6, 6.07) is -0.489. The van der Waals surface area contributed by atoms with Gasteiger partial charge in [0.2, 0.25) is 5.91 Å². The lowest BCUT2D eigenvalue weighted by Crippen LogP contribution is -2.40. The van der Waals surface area contributed by atoms with Crippen LogP contribution in [0.5, 0.6) is 0 Å². The number of unbranched alkanes of at least 4 members (excludes halogenated alkanes) is 10.